The molecule has 0 aliphatic carbocycles. The van der Waals surface area contributed by atoms with Gasteiger partial charge in [-0.05, 0) is 19.1 Å². The molecule has 2 rings (SSSR count). The van der Waals surface area contributed by atoms with Crippen LogP contribution < -0.4 is 10.6 Å². The molecule has 1 aliphatic rings. The molecule has 1 fully saturated rings. The fourth-order valence-electron chi connectivity index (χ4n) is 1.82. The van der Waals surface area contributed by atoms with Crippen molar-refractivity contribution in [3.8, 4) is 0 Å². The molecule has 1 aliphatic heterocycles. The molecule has 1 radical (unpaired) electrons. The van der Waals surface area contributed by atoms with E-state index in [1.807, 2.05) is 19.1 Å². The van der Waals surface area contributed by atoms with Gasteiger partial charge in [0.15, 0.2) is 0 Å². The summed E-state index contributed by atoms with van der Waals surface area (Å²) in [5.41, 5.74) is 0.558. The number of benzene rings is 1. The van der Waals surface area contributed by atoms with E-state index in [1.165, 1.54) is 0 Å². The summed E-state index contributed by atoms with van der Waals surface area (Å²) in [6.07, 6.45) is 0.0383. The Morgan fingerprint density at radius 1 is 1.65 bits per heavy atom. The molecule has 1 amide bonds. The van der Waals surface area contributed by atoms with Gasteiger partial charge >= 0.3 is 0 Å². The highest BCUT2D eigenvalue weighted by Gasteiger charge is 2.22. The van der Waals surface area contributed by atoms with Crippen LogP contribution in [0.5, 0.6) is 0 Å². The summed E-state index contributed by atoms with van der Waals surface area (Å²) < 4.78 is 5.59. The molecule has 17 heavy (non-hydrogen) atoms. The molecule has 2 N–H and O–H groups in total. The van der Waals surface area contributed by atoms with Crippen LogP contribution in [0.1, 0.15) is 17.3 Å². The van der Waals surface area contributed by atoms with Crippen LogP contribution in [0.3, 0.4) is 0 Å². The van der Waals surface area contributed by atoms with Crippen molar-refractivity contribution in [3.05, 3.63) is 35.9 Å². The Labute approximate surface area is 101 Å². The Morgan fingerprint density at radius 2 is 2.53 bits per heavy atom. The van der Waals surface area contributed by atoms with Gasteiger partial charge in [0, 0.05) is 18.7 Å². The second kappa shape index (κ2) is 5.80. The molecule has 1 saturated heterocycles. The third kappa shape index (κ3) is 3.28. The minimum absolute atomic E-state index is 0.0103. The second-order valence-corrected chi connectivity index (χ2v) is 4.15. The molecule has 0 spiro atoms. The van der Waals surface area contributed by atoms with E-state index in [9.17, 15) is 4.79 Å². The molecule has 4 heteroatoms. The van der Waals surface area contributed by atoms with E-state index in [0.29, 0.717) is 12.2 Å². The lowest BCUT2D eigenvalue weighted by Crippen LogP contribution is -2.50. The lowest BCUT2D eigenvalue weighted by atomic mass is 10.1. The zero-order valence-electron chi connectivity index (χ0n) is 9.90. The molecule has 4 nitrogen and oxygen atoms in total. The van der Waals surface area contributed by atoms with Crippen molar-refractivity contribution in [3.63, 3.8) is 0 Å². The number of carbonyl (C=O) groups is 1. The minimum Gasteiger partial charge on any atom is -0.373 e. The number of ether oxygens (including phenoxy) is 1. The van der Waals surface area contributed by atoms with Crippen LogP contribution in [0.15, 0.2) is 24.3 Å². The van der Waals surface area contributed by atoms with Gasteiger partial charge in [-0.2, -0.15) is 0 Å². The lowest BCUT2D eigenvalue weighted by Gasteiger charge is -2.29. The molecular formula is C13H17N2O2. The third-order valence-corrected chi connectivity index (χ3v) is 2.83. The molecule has 0 saturated carbocycles. The number of rotatable bonds is 3. The van der Waals surface area contributed by atoms with Crippen LogP contribution in [0, 0.1) is 6.07 Å². The molecule has 1 heterocycles. The maximum atomic E-state index is 11.9. The van der Waals surface area contributed by atoms with Gasteiger partial charge in [0.05, 0.1) is 18.8 Å². The summed E-state index contributed by atoms with van der Waals surface area (Å²) in [5, 5.41) is 6.18. The van der Waals surface area contributed by atoms with E-state index in [-0.39, 0.29) is 18.1 Å². The number of hydrogen-bond donors (Lipinski definition) is 2. The first kappa shape index (κ1) is 12.1. The molecule has 1 aromatic carbocycles. The summed E-state index contributed by atoms with van der Waals surface area (Å²) in [4.78, 5) is 11.9. The number of amides is 1. The highest BCUT2D eigenvalue weighted by molar-refractivity contribution is 5.94. The number of hydrogen-bond acceptors (Lipinski definition) is 3. The van der Waals surface area contributed by atoms with Crippen molar-refractivity contribution in [2.75, 3.05) is 19.7 Å². The van der Waals surface area contributed by atoms with Crippen molar-refractivity contribution >= 4 is 5.91 Å². The van der Waals surface area contributed by atoms with E-state index in [2.05, 4.69) is 16.7 Å². The first-order chi connectivity index (χ1) is 8.27. The molecule has 0 bridgehead atoms. The van der Waals surface area contributed by atoms with Gasteiger partial charge in [-0.15, -0.1) is 0 Å². The normalized spacial score (nSPS) is 21.8. The molecule has 1 aromatic rings. The van der Waals surface area contributed by atoms with Crippen LogP contribution in [0.25, 0.3) is 0 Å². The average molecular weight is 233 g/mol. The SMILES string of the molecule is CC(NC(=O)c1[c]cccc1)C1CNCCO1. The summed E-state index contributed by atoms with van der Waals surface area (Å²) in [6, 6.07) is 10.1. The number of carbonyl (C=O) groups excluding carboxylic acids is 1. The Balaban J connectivity index is 1.89. The standard InChI is InChI=1S/C13H17N2O2/c1-10(12-9-14-7-8-17-12)15-13(16)11-5-3-2-4-6-11/h2-5,10,12,14H,7-9H2,1H3,(H,15,16). The van der Waals surface area contributed by atoms with Crippen LogP contribution >= 0.6 is 0 Å². The zero-order chi connectivity index (χ0) is 12.1. The largest absolute Gasteiger partial charge is 0.373 e. The van der Waals surface area contributed by atoms with Gasteiger partial charge in [0.1, 0.15) is 0 Å². The van der Waals surface area contributed by atoms with Crippen molar-refractivity contribution in [1.82, 2.24) is 10.6 Å². The van der Waals surface area contributed by atoms with Gasteiger partial charge in [0.2, 0.25) is 0 Å². The van der Waals surface area contributed by atoms with Gasteiger partial charge in [-0.1, -0.05) is 18.2 Å². The van der Waals surface area contributed by atoms with Crippen molar-refractivity contribution in [2.24, 2.45) is 0 Å². The van der Waals surface area contributed by atoms with Gasteiger partial charge in [-0.25, -0.2) is 0 Å². The second-order valence-electron chi connectivity index (χ2n) is 4.15. The van der Waals surface area contributed by atoms with E-state index < -0.39 is 0 Å². The summed E-state index contributed by atoms with van der Waals surface area (Å²) >= 11 is 0. The molecule has 91 valence electrons. The Hall–Kier alpha value is -1.39. The predicted molar refractivity (Wildman–Crippen MR) is 64.8 cm³/mol. The third-order valence-electron chi connectivity index (χ3n) is 2.83. The van der Waals surface area contributed by atoms with Crippen LogP contribution in [0.2, 0.25) is 0 Å². The van der Waals surface area contributed by atoms with Crippen molar-refractivity contribution < 1.29 is 9.53 Å². The average Bonchev–Trinajstić information content (AvgIpc) is 2.40. The highest BCUT2D eigenvalue weighted by atomic mass is 16.5. The van der Waals surface area contributed by atoms with Crippen molar-refractivity contribution in [2.45, 2.75) is 19.1 Å². The maximum absolute atomic E-state index is 11.9. The van der Waals surface area contributed by atoms with Gasteiger partial charge in [-0.3, -0.25) is 4.79 Å². The summed E-state index contributed by atoms with van der Waals surface area (Å²) in [6.45, 7) is 4.31. The van der Waals surface area contributed by atoms with E-state index in [0.717, 1.165) is 13.1 Å². The number of morpholine rings is 1. The number of nitrogens with one attached hydrogen (secondary N) is 2. The monoisotopic (exact) mass is 233 g/mol. The summed E-state index contributed by atoms with van der Waals surface area (Å²) in [5.74, 6) is -0.104. The van der Waals surface area contributed by atoms with Gasteiger partial charge < -0.3 is 15.4 Å². The Kier molecular flexibility index (Phi) is 4.12. The fraction of sp³-hybridized carbons (Fsp3) is 0.462. The van der Waals surface area contributed by atoms with Crippen LogP contribution in [-0.2, 0) is 4.74 Å². The van der Waals surface area contributed by atoms with Crippen LogP contribution in [0.4, 0.5) is 0 Å². The summed E-state index contributed by atoms with van der Waals surface area (Å²) in [7, 11) is 0. The quantitative estimate of drug-likeness (QED) is 0.803. The fourth-order valence-corrected chi connectivity index (χ4v) is 1.82. The maximum Gasteiger partial charge on any atom is 0.252 e. The Morgan fingerprint density at radius 3 is 3.18 bits per heavy atom. The van der Waals surface area contributed by atoms with Crippen molar-refractivity contribution in [1.29, 1.82) is 0 Å². The smallest absolute Gasteiger partial charge is 0.252 e. The topological polar surface area (TPSA) is 50.4 Å². The predicted octanol–water partition coefficient (Wildman–Crippen LogP) is 0.593. The van der Waals surface area contributed by atoms with E-state index >= 15 is 0 Å². The molecule has 0 aromatic heterocycles. The zero-order valence-corrected chi connectivity index (χ0v) is 9.90. The van der Waals surface area contributed by atoms with Crippen LogP contribution in [-0.4, -0.2) is 37.7 Å². The highest BCUT2D eigenvalue weighted by Crippen LogP contribution is 2.04. The Bertz CT molecular complexity index is 361. The first-order valence-electron chi connectivity index (χ1n) is 5.87. The lowest BCUT2D eigenvalue weighted by molar-refractivity contribution is 0.00860. The van der Waals surface area contributed by atoms with E-state index in [4.69, 9.17) is 4.74 Å². The van der Waals surface area contributed by atoms with E-state index in [1.54, 1.807) is 12.1 Å². The molecule has 2 unspecified atom stereocenters. The molecule has 2 atom stereocenters. The van der Waals surface area contributed by atoms with Gasteiger partial charge in [0.25, 0.3) is 5.91 Å². The first-order valence-corrected chi connectivity index (χ1v) is 5.87. The molecular weight excluding hydrogens is 216 g/mol. The minimum atomic E-state index is -0.104.